The lowest BCUT2D eigenvalue weighted by atomic mass is 10.2. The van der Waals surface area contributed by atoms with E-state index in [4.69, 9.17) is 9.47 Å². The van der Waals surface area contributed by atoms with E-state index < -0.39 is 12.1 Å². The second-order valence-electron chi connectivity index (χ2n) is 6.57. The van der Waals surface area contributed by atoms with Crippen LogP contribution in [-0.4, -0.2) is 30.1 Å². The minimum atomic E-state index is -0.936. The largest absolute Gasteiger partial charge is 0.497 e. The van der Waals surface area contributed by atoms with Crippen molar-refractivity contribution in [2.45, 2.75) is 26.9 Å². The molecule has 0 radical (unpaired) electrons. The Hall–Kier alpha value is -3.19. The molecule has 1 aromatic heterocycles. The van der Waals surface area contributed by atoms with E-state index in [-0.39, 0.29) is 5.91 Å². The first-order chi connectivity index (χ1) is 13.9. The van der Waals surface area contributed by atoms with Gasteiger partial charge in [-0.3, -0.25) is 4.79 Å². The molecule has 29 heavy (non-hydrogen) atoms. The highest BCUT2D eigenvalue weighted by Crippen LogP contribution is 2.30. The van der Waals surface area contributed by atoms with E-state index in [1.165, 1.54) is 11.3 Å². The van der Waals surface area contributed by atoms with Crippen LogP contribution in [-0.2, 0) is 9.53 Å². The number of esters is 1. The third-order valence-electron chi connectivity index (χ3n) is 4.26. The molecular formula is C22H22N2O4S. The molecule has 6 nitrogen and oxygen atoms in total. The topological polar surface area (TPSA) is 77.5 Å². The Morgan fingerprint density at radius 3 is 2.48 bits per heavy atom. The molecule has 1 heterocycles. The second kappa shape index (κ2) is 8.87. The number of amides is 1. The maximum absolute atomic E-state index is 12.6. The van der Waals surface area contributed by atoms with Gasteiger partial charge in [-0.2, -0.15) is 0 Å². The minimum Gasteiger partial charge on any atom is -0.497 e. The molecule has 0 unspecified atom stereocenters. The maximum atomic E-state index is 12.6. The minimum absolute atomic E-state index is 0.381. The first-order valence-corrected chi connectivity index (χ1v) is 9.89. The summed E-state index contributed by atoms with van der Waals surface area (Å²) >= 11 is 1.24. The molecule has 7 heteroatoms. The van der Waals surface area contributed by atoms with Crippen LogP contribution in [0.4, 0.5) is 5.69 Å². The van der Waals surface area contributed by atoms with Crippen molar-refractivity contribution in [1.82, 2.24) is 4.98 Å². The highest BCUT2D eigenvalue weighted by Gasteiger charge is 2.23. The van der Waals surface area contributed by atoms with Crippen molar-refractivity contribution >= 4 is 28.9 Å². The predicted molar refractivity (Wildman–Crippen MR) is 114 cm³/mol. The molecule has 2 aromatic carbocycles. The average Bonchev–Trinajstić information content (AvgIpc) is 3.09. The number of aryl methyl sites for hydroxylation is 2. The number of hydrogen-bond acceptors (Lipinski definition) is 6. The van der Waals surface area contributed by atoms with Gasteiger partial charge in [-0.15, -0.1) is 11.3 Å². The Labute approximate surface area is 173 Å². The van der Waals surface area contributed by atoms with Crippen molar-refractivity contribution in [2.24, 2.45) is 0 Å². The summed E-state index contributed by atoms with van der Waals surface area (Å²) in [5, 5.41) is 3.46. The summed E-state index contributed by atoms with van der Waals surface area (Å²) in [6.45, 7) is 5.23. The summed E-state index contributed by atoms with van der Waals surface area (Å²) in [6.07, 6.45) is -0.936. The monoisotopic (exact) mass is 410 g/mol. The first-order valence-electron chi connectivity index (χ1n) is 9.07. The van der Waals surface area contributed by atoms with Crippen molar-refractivity contribution in [3.63, 3.8) is 0 Å². The zero-order valence-electron chi connectivity index (χ0n) is 16.7. The van der Waals surface area contributed by atoms with Crippen molar-refractivity contribution in [3.8, 4) is 16.3 Å². The van der Waals surface area contributed by atoms with Crippen molar-refractivity contribution in [3.05, 3.63) is 64.7 Å². The first kappa shape index (κ1) is 20.5. The number of ether oxygens (including phenoxy) is 2. The summed E-state index contributed by atoms with van der Waals surface area (Å²) in [4.78, 5) is 29.8. The molecule has 0 aliphatic carbocycles. The maximum Gasteiger partial charge on any atom is 0.351 e. The third-order valence-corrected chi connectivity index (χ3v) is 5.44. The van der Waals surface area contributed by atoms with E-state index in [0.29, 0.717) is 21.3 Å². The van der Waals surface area contributed by atoms with Crippen LogP contribution in [0.5, 0.6) is 5.75 Å². The number of carbonyl (C=O) groups is 2. The Balaban J connectivity index is 1.68. The fraction of sp³-hybridized carbons (Fsp3) is 0.227. The molecule has 0 aliphatic rings. The van der Waals surface area contributed by atoms with Gasteiger partial charge in [0.25, 0.3) is 5.91 Å². The molecule has 150 valence electrons. The number of rotatable bonds is 6. The van der Waals surface area contributed by atoms with Gasteiger partial charge in [0.1, 0.15) is 15.6 Å². The van der Waals surface area contributed by atoms with Gasteiger partial charge in [0, 0.05) is 11.3 Å². The standard InChI is InChI=1S/C22H22N2O4S/c1-13-6-5-7-17(12-13)24-20(25)15(3)28-22(26)19-14(2)23-21(29-19)16-8-10-18(27-4)11-9-16/h5-12,15H,1-4H3,(H,24,25)/t15-/m1/s1. The number of benzene rings is 2. The average molecular weight is 410 g/mol. The Bertz CT molecular complexity index is 1030. The normalized spacial score (nSPS) is 11.6. The van der Waals surface area contributed by atoms with Crippen LogP contribution in [0.2, 0.25) is 0 Å². The number of methoxy groups -OCH3 is 1. The van der Waals surface area contributed by atoms with Crippen LogP contribution < -0.4 is 10.1 Å². The van der Waals surface area contributed by atoms with Gasteiger partial charge in [-0.05, 0) is 62.7 Å². The number of nitrogens with zero attached hydrogens (tertiary/aromatic N) is 1. The lowest BCUT2D eigenvalue weighted by molar-refractivity contribution is -0.123. The SMILES string of the molecule is COc1ccc(-c2nc(C)c(C(=O)O[C@H](C)C(=O)Nc3cccc(C)c3)s2)cc1. The van der Waals surface area contributed by atoms with Gasteiger partial charge in [-0.25, -0.2) is 9.78 Å². The Morgan fingerprint density at radius 2 is 1.83 bits per heavy atom. The lowest BCUT2D eigenvalue weighted by Gasteiger charge is -2.13. The highest BCUT2D eigenvalue weighted by atomic mass is 32.1. The fourth-order valence-corrected chi connectivity index (χ4v) is 3.63. The van der Waals surface area contributed by atoms with Crippen LogP contribution in [0.1, 0.15) is 27.9 Å². The van der Waals surface area contributed by atoms with E-state index in [0.717, 1.165) is 16.9 Å². The van der Waals surface area contributed by atoms with Crippen LogP contribution in [0.3, 0.4) is 0 Å². The number of thiazole rings is 1. The summed E-state index contributed by atoms with van der Waals surface area (Å²) in [7, 11) is 1.60. The van der Waals surface area contributed by atoms with Gasteiger partial charge in [0.05, 0.1) is 12.8 Å². The molecule has 0 fully saturated rings. The third kappa shape index (κ3) is 5.00. The molecule has 0 saturated carbocycles. The molecule has 0 aliphatic heterocycles. The molecule has 3 aromatic rings. The molecule has 1 atom stereocenters. The molecule has 0 bridgehead atoms. The van der Waals surface area contributed by atoms with Gasteiger partial charge in [0.2, 0.25) is 0 Å². The van der Waals surface area contributed by atoms with Gasteiger partial charge < -0.3 is 14.8 Å². The zero-order valence-corrected chi connectivity index (χ0v) is 17.5. The van der Waals surface area contributed by atoms with Gasteiger partial charge >= 0.3 is 5.97 Å². The number of nitrogens with one attached hydrogen (secondary N) is 1. The molecule has 1 amide bonds. The molecule has 3 rings (SSSR count). The predicted octanol–water partition coefficient (Wildman–Crippen LogP) is 4.62. The molecular weight excluding hydrogens is 388 g/mol. The summed E-state index contributed by atoms with van der Waals surface area (Å²) in [6, 6.07) is 14.8. The van der Waals surface area contributed by atoms with E-state index in [1.807, 2.05) is 49.4 Å². The van der Waals surface area contributed by atoms with Crippen LogP contribution >= 0.6 is 11.3 Å². The summed E-state index contributed by atoms with van der Waals surface area (Å²) in [5.74, 6) is -0.205. The second-order valence-corrected chi connectivity index (χ2v) is 7.57. The van der Waals surface area contributed by atoms with Gasteiger partial charge in [-0.1, -0.05) is 12.1 Å². The van der Waals surface area contributed by atoms with E-state index in [9.17, 15) is 9.59 Å². The summed E-state index contributed by atoms with van der Waals surface area (Å²) in [5.41, 5.74) is 3.13. The van der Waals surface area contributed by atoms with Crippen LogP contribution in [0.25, 0.3) is 10.6 Å². The quantitative estimate of drug-likeness (QED) is 0.600. The van der Waals surface area contributed by atoms with E-state index >= 15 is 0 Å². The number of aromatic nitrogens is 1. The van der Waals surface area contributed by atoms with Crippen LogP contribution in [0.15, 0.2) is 48.5 Å². The molecule has 1 N–H and O–H groups in total. The number of hydrogen-bond donors (Lipinski definition) is 1. The van der Waals surface area contributed by atoms with Crippen LogP contribution in [0, 0.1) is 13.8 Å². The highest BCUT2D eigenvalue weighted by molar-refractivity contribution is 7.17. The van der Waals surface area contributed by atoms with Crippen molar-refractivity contribution in [1.29, 1.82) is 0 Å². The number of carbonyl (C=O) groups excluding carboxylic acids is 2. The van der Waals surface area contributed by atoms with Crippen molar-refractivity contribution in [2.75, 3.05) is 12.4 Å². The Kier molecular flexibility index (Phi) is 6.29. The van der Waals surface area contributed by atoms with Crippen molar-refractivity contribution < 1.29 is 19.1 Å². The summed E-state index contributed by atoms with van der Waals surface area (Å²) < 4.78 is 10.5. The molecule has 0 spiro atoms. The zero-order chi connectivity index (χ0) is 21.0. The molecule has 0 saturated heterocycles. The van der Waals surface area contributed by atoms with E-state index in [2.05, 4.69) is 10.3 Å². The number of anilines is 1. The van der Waals surface area contributed by atoms with Gasteiger partial charge in [0.15, 0.2) is 6.10 Å². The smallest absolute Gasteiger partial charge is 0.351 e. The lowest BCUT2D eigenvalue weighted by Crippen LogP contribution is -2.30. The van der Waals surface area contributed by atoms with E-state index in [1.54, 1.807) is 27.0 Å². The fourth-order valence-electron chi connectivity index (χ4n) is 2.68. The Morgan fingerprint density at radius 1 is 1.10 bits per heavy atom.